The van der Waals surface area contributed by atoms with Gasteiger partial charge >= 0.3 is 0 Å². The first-order valence-corrected chi connectivity index (χ1v) is 11.2. The highest BCUT2D eigenvalue weighted by atomic mass is 16.3. The number of hydrogen-bond donors (Lipinski definition) is 2. The number of aliphatic hydroxyl groups is 2. The normalized spacial score (nSPS) is 53.7. The molecule has 0 amide bonds. The van der Waals surface area contributed by atoms with Gasteiger partial charge in [-0.2, -0.15) is 0 Å². The second-order valence-electron chi connectivity index (χ2n) is 10.8. The zero-order valence-electron chi connectivity index (χ0n) is 17.5. The van der Waals surface area contributed by atoms with Crippen LogP contribution >= 0.6 is 0 Å². The number of aliphatic hydroxyl groups excluding tert-OH is 2. The van der Waals surface area contributed by atoms with Crippen molar-refractivity contribution in [2.75, 3.05) is 0 Å². The van der Waals surface area contributed by atoms with Gasteiger partial charge in [0, 0.05) is 12.3 Å². The van der Waals surface area contributed by atoms with Crippen molar-refractivity contribution in [1.29, 1.82) is 0 Å². The first-order valence-electron chi connectivity index (χ1n) is 11.2. The van der Waals surface area contributed by atoms with Crippen molar-refractivity contribution < 1.29 is 15.0 Å². The third-order valence-corrected chi connectivity index (χ3v) is 9.68. The Morgan fingerprint density at radius 1 is 1.07 bits per heavy atom. The molecule has 0 radical (unpaired) electrons. The lowest BCUT2D eigenvalue weighted by Gasteiger charge is -2.60. The van der Waals surface area contributed by atoms with E-state index in [-0.39, 0.29) is 11.3 Å². The molecule has 0 aromatic rings. The molecule has 152 valence electrons. The van der Waals surface area contributed by atoms with Crippen molar-refractivity contribution in [1.82, 2.24) is 0 Å². The highest BCUT2D eigenvalue weighted by Crippen LogP contribution is 2.67. The maximum Gasteiger partial charge on any atom is 0.136 e. The van der Waals surface area contributed by atoms with Crippen LogP contribution in [-0.2, 0) is 4.79 Å². The van der Waals surface area contributed by atoms with E-state index in [0.717, 1.165) is 5.92 Å². The molecule has 4 rings (SSSR count). The summed E-state index contributed by atoms with van der Waals surface area (Å²) in [6.07, 6.45) is 9.89. The van der Waals surface area contributed by atoms with Crippen LogP contribution in [0, 0.1) is 46.3 Å². The topological polar surface area (TPSA) is 57.5 Å². The standard InChI is InChI=1S/C24H38O3/c1-5-6-14(2)16-7-8-17-15-11-20(25)19-12-21(26)22(27)13-24(19,4)18(15)9-10-23(16,17)3/h5-6,14-19,21-22,26-27H,7-13H2,1-4H3/b6-5-/t14-,15?,16-,17?,18?,19-,21?,22-,23-,24-/m1/s1. The highest BCUT2D eigenvalue weighted by Gasteiger charge is 2.63. The van der Waals surface area contributed by atoms with Crippen LogP contribution in [0.2, 0.25) is 0 Å². The summed E-state index contributed by atoms with van der Waals surface area (Å²) in [4.78, 5) is 13.1. The molecule has 0 aromatic heterocycles. The summed E-state index contributed by atoms with van der Waals surface area (Å²) in [5.74, 6) is 3.27. The Balaban J connectivity index is 1.64. The molecule has 4 saturated carbocycles. The van der Waals surface area contributed by atoms with Crippen molar-refractivity contribution in [3.63, 3.8) is 0 Å². The van der Waals surface area contributed by atoms with Gasteiger partial charge < -0.3 is 10.2 Å². The van der Waals surface area contributed by atoms with Crippen molar-refractivity contribution in [2.24, 2.45) is 46.3 Å². The van der Waals surface area contributed by atoms with E-state index in [4.69, 9.17) is 0 Å². The summed E-state index contributed by atoms with van der Waals surface area (Å²) in [5, 5.41) is 20.6. The molecule has 0 aliphatic heterocycles. The van der Waals surface area contributed by atoms with E-state index in [2.05, 4.69) is 39.8 Å². The smallest absolute Gasteiger partial charge is 0.136 e. The fraction of sp³-hybridized carbons (Fsp3) is 0.875. The Morgan fingerprint density at radius 3 is 2.48 bits per heavy atom. The Hall–Kier alpha value is -0.670. The predicted octanol–water partition coefficient (Wildman–Crippen LogP) is 4.37. The van der Waals surface area contributed by atoms with Crippen LogP contribution in [0.3, 0.4) is 0 Å². The number of carbonyl (C=O) groups is 1. The van der Waals surface area contributed by atoms with Gasteiger partial charge in [-0.15, -0.1) is 0 Å². The number of allylic oxidation sites excluding steroid dienone is 2. The van der Waals surface area contributed by atoms with Gasteiger partial charge in [-0.3, -0.25) is 4.79 Å². The zero-order chi connectivity index (χ0) is 19.6. The van der Waals surface area contributed by atoms with E-state index in [1.807, 2.05) is 0 Å². The van der Waals surface area contributed by atoms with E-state index >= 15 is 0 Å². The molecule has 4 aliphatic rings. The minimum absolute atomic E-state index is 0.0549. The monoisotopic (exact) mass is 374 g/mol. The number of ketones is 1. The number of Topliss-reactive ketones (excluding diaryl/α,β-unsaturated/α-hetero) is 1. The molecular formula is C24H38O3. The molecule has 0 spiro atoms. The Bertz CT molecular complexity index is 627. The summed E-state index contributed by atoms with van der Waals surface area (Å²) < 4.78 is 0. The molecular weight excluding hydrogens is 336 g/mol. The van der Waals surface area contributed by atoms with Crippen LogP contribution in [0.15, 0.2) is 12.2 Å². The maximum absolute atomic E-state index is 13.1. The summed E-state index contributed by atoms with van der Waals surface area (Å²) in [5.41, 5.74) is 0.212. The van der Waals surface area contributed by atoms with Gasteiger partial charge in [-0.25, -0.2) is 0 Å². The SMILES string of the molecule is C/C=C\[C@@H](C)[C@H]1CCC2C3CC(=O)[C@H]4CC(O)[C@H](O)C[C@]4(C)C3CC[C@@]21C. The summed E-state index contributed by atoms with van der Waals surface area (Å²) in [7, 11) is 0. The summed E-state index contributed by atoms with van der Waals surface area (Å²) in [6.45, 7) is 9.24. The lowest BCUT2D eigenvalue weighted by atomic mass is 9.44. The van der Waals surface area contributed by atoms with Crippen molar-refractivity contribution in [3.05, 3.63) is 12.2 Å². The van der Waals surface area contributed by atoms with Gasteiger partial charge in [0.2, 0.25) is 0 Å². The van der Waals surface area contributed by atoms with Gasteiger partial charge in [-0.1, -0.05) is 32.9 Å². The van der Waals surface area contributed by atoms with Crippen LogP contribution in [-0.4, -0.2) is 28.2 Å². The van der Waals surface area contributed by atoms with Gasteiger partial charge in [0.1, 0.15) is 5.78 Å². The van der Waals surface area contributed by atoms with Crippen LogP contribution in [0.1, 0.15) is 72.6 Å². The second-order valence-corrected chi connectivity index (χ2v) is 10.8. The van der Waals surface area contributed by atoms with E-state index in [9.17, 15) is 15.0 Å². The third-order valence-electron chi connectivity index (χ3n) is 9.68. The maximum atomic E-state index is 13.1. The second kappa shape index (κ2) is 6.69. The quantitative estimate of drug-likeness (QED) is 0.706. The zero-order valence-corrected chi connectivity index (χ0v) is 17.5. The summed E-state index contributed by atoms with van der Waals surface area (Å²) >= 11 is 0. The molecule has 4 unspecified atom stereocenters. The largest absolute Gasteiger partial charge is 0.390 e. The number of rotatable bonds is 2. The molecule has 0 saturated heterocycles. The van der Waals surface area contributed by atoms with Crippen LogP contribution in [0.25, 0.3) is 0 Å². The third kappa shape index (κ3) is 2.79. The van der Waals surface area contributed by atoms with Crippen LogP contribution in [0.4, 0.5) is 0 Å². The molecule has 0 aromatic carbocycles. The van der Waals surface area contributed by atoms with E-state index in [0.29, 0.717) is 54.1 Å². The van der Waals surface area contributed by atoms with Gasteiger partial charge in [0.25, 0.3) is 0 Å². The molecule has 3 heteroatoms. The lowest BCUT2D eigenvalue weighted by Crippen LogP contribution is -2.59. The Kier molecular flexibility index (Phi) is 4.87. The highest BCUT2D eigenvalue weighted by molar-refractivity contribution is 5.83. The van der Waals surface area contributed by atoms with Crippen LogP contribution in [0.5, 0.6) is 0 Å². The minimum atomic E-state index is -0.727. The molecule has 10 atom stereocenters. The van der Waals surface area contributed by atoms with Crippen LogP contribution < -0.4 is 0 Å². The van der Waals surface area contributed by atoms with E-state index in [1.165, 1.54) is 25.7 Å². The molecule has 27 heavy (non-hydrogen) atoms. The van der Waals surface area contributed by atoms with Gasteiger partial charge in [0.15, 0.2) is 0 Å². The lowest BCUT2D eigenvalue weighted by molar-refractivity contribution is -0.173. The molecule has 2 N–H and O–H groups in total. The van der Waals surface area contributed by atoms with E-state index < -0.39 is 12.2 Å². The number of carbonyl (C=O) groups excluding carboxylic acids is 1. The van der Waals surface area contributed by atoms with Gasteiger partial charge in [0.05, 0.1) is 12.2 Å². The molecule has 4 fully saturated rings. The first-order chi connectivity index (χ1) is 12.7. The summed E-state index contributed by atoms with van der Waals surface area (Å²) in [6, 6.07) is 0. The molecule has 0 heterocycles. The minimum Gasteiger partial charge on any atom is -0.390 e. The molecule has 3 nitrogen and oxygen atoms in total. The van der Waals surface area contributed by atoms with Crippen molar-refractivity contribution >= 4 is 5.78 Å². The fourth-order valence-corrected chi connectivity index (χ4v) is 8.41. The molecule has 4 aliphatic carbocycles. The average Bonchev–Trinajstić information content (AvgIpc) is 2.95. The average molecular weight is 375 g/mol. The predicted molar refractivity (Wildman–Crippen MR) is 107 cm³/mol. The number of hydrogen-bond acceptors (Lipinski definition) is 3. The Labute approximate surface area is 164 Å². The van der Waals surface area contributed by atoms with Crippen molar-refractivity contribution in [3.8, 4) is 0 Å². The molecule has 0 bridgehead atoms. The first kappa shape index (κ1) is 19.6. The van der Waals surface area contributed by atoms with E-state index in [1.54, 1.807) is 0 Å². The fourth-order valence-electron chi connectivity index (χ4n) is 8.41. The van der Waals surface area contributed by atoms with Gasteiger partial charge in [-0.05, 0) is 85.9 Å². The Morgan fingerprint density at radius 2 is 1.78 bits per heavy atom. The van der Waals surface area contributed by atoms with Crippen molar-refractivity contribution in [2.45, 2.75) is 84.8 Å². The number of fused-ring (bicyclic) bond motifs is 5.